The number of nitrogens with one attached hydrogen (secondary N) is 1. The van der Waals surface area contributed by atoms with Gasteiger partial charge >= 0.3 is 0 Å². The van der Waals surface area contributed by atoms with E-state index in [0.29, 0.717) is 26.2 Å². The Balaban J connectivity index is 1.66. The fourth-order valence-electron chi connectivity index (χ4n) is 2.65. The lowest BCUT2D eigenvalue weighted by atomic mass is 10.2. The molecule has 2 amide bonds. The summed E-state index contributed by atoms with van der Waals surface area (Å²) in [5.74, 6) is -4.57. The second kappa shape index (κ2) is 7.60. The van der Waals surface area contributed by atoms with Gasteiger partial charge in [0, 0.05) is 33.1 Å². The molecule has 2 heterocycles. The molecule has 7 nitrogen and oxygen atoms in total. The Kier molecular flexibility index (Phi) is 5.24. The van der Waals surface area contributed by atoms with E-state index in [9.17, 15) is 22.8 Å². The van der Waals surface area contributed by atoms with Crippen LogP contribution in [0.4, 0.5) is 24.7 Å². The van der Waals surface area contributed by atoms with Crippen molar-refractivity contribution in [1.29, 1.82) is 0 Å². The Labute approximate surface area is 152 Å². The Morgan fingerprint density at radius 3 is 2.22 bits per heavy atom. The average molecular weight is 379 g/mol. The number of aromatic nitrogens is 2. The molecular formula is C17H16F3N5O2. The number of hydrogen-bond donors (Lipinski definition) is 1. The van der Waals surface area contributed by atoms with Crippen molar-refractivity contribution in [1.82, 2.24) is 19.8 Å². The summed E-state index contributed by atoms with van der Waals surface area (Å²) in [5.41, 5.74) is -0.217. The van der Waals surface area contributed by atoms with Gasteiger partial charge in [0.1, 0.15) is 11.5 Å². The molecule has 142 valence electrons. The highest BCUT2D eigenvalue weighted by atomic mass is 19.2. The van der Waals surface area contributed by atoms with Crippen LogP contribution in [-0.2, 0) is 4.79 Å². The summed E-state index contributed by atoms with van der Waals surface area (Å²) in [6.45, 7) is 3.15. The van der Waals surface area contributed by atoms with Crippen molar-refractivity contribution in [3.8, 4) is 0 Å². The van der Waals surface area contributed by atoms with Gasteiger partial charge in [-0.25, -0.2) is 23.1 Å². The third-order valence-corrected chi connectivity index (χ3v) is 4.18. The van der Waals surface area contributed by atoms with Crippen LogP contribution in [0.2, 0.25) is 0 Å². The molecule has 1 aromatic heterocycles. The number of piperazine rings is 1. The molecule has 3 rings (SSSR count). The maximum Gasteiger partial charge on any atom is 0.274 e. The van der Waals surface area contributed by atoms with Crippen molar-refractivity contribution in [2.24, 2.45) is 0 Å². The minimum atomic E-state index is -1.59. The Morgan fingerprint density at radius 1 is 0.963 bits per heavy atom. The van der Waals surface area contributed by atoms with Crippen LogP contribution in [0.3, 0.4) is 0 Å². The van der Waals surface area contributed by atoms with Gasteiger partial charge < -0.3 is 15.1 Å². The van der Waals surface area contributed by atoms with Gasteiger partial charge in [0.05, 0.1) is 18.1 Å². The number of amides is 2. The quantitative estimate of drug-likeness (QED) is 0.825. The summed E-state index contributed by atoms with van der Waals surface area (Å²) in [6.07, 6.45) is 2.40. The lowest BCUT2D eigenvalue weighted by Crippen LogP contribution is -2.50. The fraction of sp³-hybridized carbons (Fsp3) is 0.294. The minimum absolute atomic E-state index is 0.0400. The molecule has 1 N–H and O–H groups in total. The largest absolute Gasteiger partial charge is 0.339 e. The summed E-state index contributed by atoms with van der Waals surface area (Å²) in [6, 6.07) is 1.82. The molecule has 0 atom stereocenters. The molecule has 0 unspecified atom stereocenters. The van der Waals surface area contributed by atoms with Gasteiger partial charge in [0.25, 0.3) is 5.91 Å². The maximum atomic E-state index is 13.7. The van der Waals surface area contributed by atoms with E-state index in [-0.39, 0.29) is 29.0 Å². The number of carbonyl (C=O) groups is 2. The third kappa shape index (κ3) is 3.99. The summed E-state index contributed by atoms with van der Waals surface area (Å²) in [7, 11) is 0. The Bertz CT molecular complexity index is 868. The first kappa shape index (κ1) is 18.6. The van der Waals surface area contributed by atoms with E-state index in [0.717, 1.165) is 12.1 Å². The molecular weight excluding hydrogens is 363 g/mol. The van der Waals surface area contributed by atoms with Crippen LogP contribution in [0.15, 0.2) is 24.5 Å². The van der Waals surface area contributed by atoms with Crippen molar-refractivity contribution in [2.45, 2.75) is 6.92 Å². The molecule has 2 aromatic rings. The van der Waals surface area contributed by atoms with Crippen molar-refractivity contribution >= 4 is 23.3 Å². The van der Waals surface area contributed by atoms with Gasteiger partial charge in [-0.2, -0.15) is 0 Å². The van der Waals surface area contributed by atoms with Crippen molar-refractivity contribution in [2.75, 3.05) is 31.5 Å². The smallest absolute Gasteiger partial charge is 0.274 e. The maximum absolute atomic E-state index is 13.7. The van der Waals surface area contributed by atoms with Crippen LogP contribution in [-0.4, -0.2) is 57.8 Å². The summed E-state index contributed by atoms with van der Waals surface area (Å²) in [5, 5.41) is 2.48. The van der Waals surface area contributed by atoms with E-state index >= 15 is 0 Å². The SMILES string of the molecule is CC(=O)N1CCN(C(=O)c2cnc(Nc3ccc(F)c(F)c3F)cn2)CC1. The Hall–Kier alpha value is -3.17. The van der Waals surface area contributed by atoms with E-state index < -0.39 is 17.5 Å². The number of hydrogen-bond acceptors (Lipinski definition) is 5. The van der Waals surface area contributed by atoms with Gasteiger partial charge in [-0.1, -0.05) is 0 Å². The van der Waals surface area contributed by atoms with Gasteiger partial charge in [0.15, 0.2) is 17.5 Å². The lowest BCUT2D eigenvalue weighted by Gasteiger charge is -2.33. The van der Waals surface area contributed by atoms with Crippen molar-refractivity contribution in [3.63, 3.8) is 0 Å². The van der Waals surface area contributed by atoms with E-state index in [1.54, 1.807) is 9.80 Å². The average Bonchev–Trinajstić information content (AvgIpc) is 2.68. The van der Waals surface area contributed by atoms with E-state index in [2.05, 4.69) is 15.3 Å². The standard InChI is InChI=1S/C17H16F3N5O2/c1-10(26)24-4-6-25(7-5-24)17(27)13-8-22-14(9-21-13)23-12-3-2-11(18)15(19)16(12)20/h2-3,8-9H,4-7H2,1H3,(H,22,23). The van der Waals surface area contributed by atoms with E-state index in [1.165, 1.54) is 19.3 Å². The van der Waals surface area contributed by atoms with Gasteiger partial charge in [-0.15, -0.1) is 0 Å². The number of nitrogens with zero attached hydrogens (tertiary/aromatic N) is 4. The first-order chi connectivity index (χ1) is 12.9. The number of halogens is 3. The summed E-state index contributed by atoms with van der Waals surface area (Å²) < 4.78 is 39.9. The van der Waals surface area contributed by atoms with Crippen LogP contribution in [0.5, 0.6) is 0 Å². The topological polar surface area (TPSA) is 78.4 Å². The first-order valence-corrected chi connectivity index (χ1v) is 8.14. The van der Waals surface area contributed by atoms with Crippen LogP contribution in [0.1, 0.15) is 17.4 Å². The van der Waals surface area contributed by atoms with Gasteiger partial charge in [-0.3, -0.25) is 9.59 Å². The highest BCUT2D eigenvalue weighted by molar-refractivity contribution is 5.92. The summed E-state index contributed by atoms with van der Waals surface area (Å²) in [4.78, 5) is 34.9. The predicted octanol–water partition coefficient (Wildman–Crippen LogP) is 1.94. The second-order valence-corrected chi connectivity index (χ2v) is 5.93. The predicted molar refractivity (Wildman–Crippen MR) is 89.8 cm³/mol. The van der Waals surface area contributed by atoms with Crippen LogP contribution < -0.4 is 5.32 Å². The molecule has 1 aliphatic heterocycles. The molecule has 0 spiro atoms. The number of anilines is 2. The second-order valence-electron chi connectivity index (χ2n) is 5.93. The molecule has 27 heavy (non-hydrogen) atoms. The van der Waals surface area contributed by atoms with Crippen molar-refractivity contribution < 1.29 is 22.8 Å². The molecule has 1 aromatic carbocycles. The van der Waals surface area contributed by atoms with Crippen LogP contribution >= 0.6 is 0 Å². The van der Waals surface area contributed by atoms with Crippen molar-refractivity contribution in [3.05, 3.63) is 47.7 Å². The van der Waals surface area contributed by atoms with Gasteiger partial charge in [0.2, 0.25) is 5.91 Å². The molecule has 10 heteroatoms. The first-order valence-electron chi connectivity index (χ1n) is 8.14. The van der Waals surface area contributed by atoms with E-state index in [1.807, 2.05) is 0 Å². The molecule has 0 saturated carbocycles. The molecule has 1 aliphatic rings. The fourth-order valence-corrected chi connectivity index (χ4v) is 2.65. The van der Waals surface area contributed by atoms with E-state index in [4.69, 9.17) is 0 Å². The normalized spacial score (nSPS) is 14.2. The number of benzene rings is 1. The molecule has 0 aliphatic carbocycles. The number of rotatable bonds is 3. The zero-order chi connectivity index (χ0) is 19.6. The third-order valence-electron chi connectivity index (χ3n) is 4.18. The monoisotopic (exact) mass is 379 g/mol. The minimum Gasteiger partial charge on any atom is -0.339 e. The highest BCUT2D eigenvalue weighted by Gasteiger charge is 2.24. The zero-order valence-electron chi connectivity index (χ0n) is 14.4. The molecule has 0 radical (unpaired) electrons. The van der Waals surface area contributed by atoms with Crippen LogP contribution in [0.25, 0.3) is 0 Å². The number of carbonyl (C=O) groups excluding carboxylic acids is 2. The molecule has 0 bridgehead atoms. The summed E-state index contributed by atoms with van der Waals surface area (Å²) >= 11 is 0. The lowest BCUT2D eigenvalue weighted by molar-refractivity contribution is -0.130. The van der Waals surface area contributed by atoms with Crippen LogP contribution in [0, 0.1) is 17.5 Å². The Morgan fingerprint density at radius 2 is 1.63 bits per heavy atom. The molecule has 1 saturated heterocycles. The van der Waals surface area contributed by atoms with Gasteiger partial charge in [-0.05, 0) is 12.1 Å². The molecule has 1 fully saturated rings. The highest BCUT2D eigenvalue weighted by Crippen LogP contribution is 2.22. The zero-order valence-corrected chi connectivity index (χ0v) is 14.4.